The molecule has 0 spiro atoms. The Bertz CT molecular complexity index is 676. The molecule has 0 aromatic carbocycles. The summed E-state index contributed by atoms with van der Waals surface area (Å²) >= 11 is 0. The molecule has 1 aliphatic rings. The summed E-state index contributed by atoms with van der Waals surface area (Å²) in [5.41, 5.74) is 0. The van der Waals surface area contributed by atoms with E-state index in [1.807, 2.05) is 0 Å². The molecule has 33 heavy (non-hydrogen) atoms. The van der Waals surface area contributed by atoms with Crippen molar-refractivity contribution >= 4 is 35.3 Å². The molecule has 12 heteroatoms. The molecule has 0 bridgehead atoms. The summed E-state index contributed by atoms with van der Waals surface area (Å²) < 4.78 is 29.8. The predicted molar refractivity (Wildman–Crippen MR) is 108 cm³/mol. The lowest BCUT2D eigenvalue weighted by Crippen LogP contribution is -2.60. The maximum absolute atomic E-state index is 12.6. The molecular formula is C21H24O12. The Hall–Kier alpha value is -3.48. The van der Waals surface area contributed by atoms with Gasteiger partial charge >= 0.3 is 17.9 Å². The van der Waals surface area contributed by atoms with Gasteiger partial charge in [0.25, 0.3) is 0 Å². The Kier molecular flexibility index (Phi) is 12.2. The van der Waals surface area contributed by atoms with Crippen LogP contribution in [0.2, 0.25) is 0 Å². The zero-order valence-corrected chi connectivity index (χ0v) is 17.7. The van der Waals surface area contributed by atoms with E-state index in [9.17, 15) is 28.8 Å². The number of rotatable bonds is 15. The van der Waals surface area contributed by atoms with E-state index in [-0.39, 0.29) is 39.6 Å². The van der Waals surface area contributed by atoms with Gasteiger partial charge in [0.2, 0.25) is 17.3 Å². The summed E-state index contributed by atoms with van der Waals surface area (Å²) in [6.45, 7) is 7.75. The third-order valence-electron chi connectivity index (χ3n) is 3.89. The van der Waals surface area contributed by atoms with Crippen LogP contribution in [0, 0.1) is 0 Å². The monoisotopic (exact) mass is 468 g/mol. The number of esters is 3. The second kappa shape index (κ2) is 14.6. The molecular weight excluding hydrogens is 444 g/mol. The van der Waals surface area contributed by atoms with Gasteiger partial charge in [-0.3, -0.25) is 14.4 Å². The van der Waals surface area contributed by atoms with Crippen molar-refractivity contribution in [2.75, 3.05) is 39.6 Å². The number of Topliss-reactive ketones (excluding diaryl/α,β-unsaturated/α-hetero) is 3. The molecule has 0 aliphatic heterocycles. The quantitative estimate of drug-likeness (QED) is 0.0955. The Morgan fingerprint density at radius 3 is 1.00 bits per heavy atom. The Morgan fingerprint density at radius 1 is 0.545 bits per heavy atom. The summed E-state index contributed by atoms with van der Waals surface area (Å²) in [6.07, 6.45) is -2.48. The van der Waals surface area contributed by atoms with Gasteiger partial charge in [-0.2, -0.15) is 0 Å². The van der Waals surface area contributed by atoms with Crippen molar-refractivity contribution in [2.45, 2.75) is 18.3 Å². The van der Waals surface area contributed by atoms with Gasteiger partial charge in [0, 0.05) is 18.2 Å². The lowest BCUT2D eigenvalue weighted by Gasteiger charge is -2.31. The standard InChI is InChI=1S/C21H24O12/c1-4-13(22)28-7-10-31-19-16(25)20(32-11-8-29-14(23)5-2)18(27)21(17(19)26)33-12-9-30-15(24)6-3/h4-6,19-21H,1-3,7-12H2. The fraction of sp³-hybridized carbons (Fsp3) is 0.429. The minimum Gasteiger partial charge on any atom is -0.460 e. The van der Waals surface area contributed by atoms with Crippen LogP contribution in [-0.4, -0.2) is 93.2 Å². The van der Waals surface area contributed by atoms with Crippen molar-refractivity contribution in [3.05, 3.63) is 38.0 Å². The van der Waals surface area contributed by atoms with E-state index in [4.69, 9.17) is 28.4 Å². The smallest absolute Gasteiger partial charge is 0.330 e. The summed E-state index contributed by atoms with van der Waals surface area (Å²) in [4.78, 5) is 71.1. The second-order valence-corrected chi connectivity index (χ2v) is 6.07. The van der Waals surface area contributed by atoms with E-state index in [2.05, 4.69) is 19.7 Å². The van der Waals surface area contributed by atoms with E-state index >= 15 is 0 Å². The number of ether oxygens (including phenoxy) is 6. The van der Waals surface area contributed by atoms with E-state index < -0.39 is 53.6 Å². The molecule has 1 fully saturated rings. The van der Waals surface area contributed by atoms with E-state index in [1.165, 1.54) is 0 Å². The van der Waals surface area contributed by atoms with Gasteiger partial charge in [-0.15, -0.1) is 0 Å². The van der Waals surface area contributed by atoms with Gasteiger partial charge in [0.1, 0.15) is 19.8 Å². The molecule has 0 aromatic rings. The molecule has 1 saturated carbocycles. The molecule has 0 N–H and O–H groups in total. The number of hydrogen-bond acceptors (Lipinski definition) is 12. The Balaban J connectivity index is 2.82. The molecule has 0 atom stereocenters. The molecule has 12 nitrogen and oxygen atoms in total. The second-order valence-electron chi connectivity index (χ2n) is 6.07. The number of hydrogen-bond donors (Lipinski definition) is 0. The first-order chi connectivity index (χ1) is 15.8. The first kappa shape index (κ1) is 27.6. The van der Waals surface area contributed by atoms with Crippen LogP contribution < -0.4 is 0 Å². The molecule has 0 aromatic heterocycles. The highest BCUT2D eigenvalue weighted by molar-refractivity contribution is 6.29. The van der Waals surface area contributed by atoms with Crippen LogP contribution in [0.25, 0.3) is 0 Å². The van der Waals surface area contributed by atoms with Crippen LogP contribution in [-0.2, 0) is 57.2 Å². The maximum atomic E-state index is 12.6. The third-order valence-corrected chi connectivity index (χ3v) is 3.89. The van der Waals surface area contributed by atoms with Gasteiger partial charge < -0.3 is 28.4 Å². The van der Waals surface area contributed by atoms with Crippen molar-refractivity contribution in [3.63, 3.8) is 0 Å². The molecule has 0 amide bonds. The highest BCUT2D eigenvalue weighted by atomic mass is 16.6. The largest absolute Gasteiger partial charge is 0.460 e. The number of ketones is 3. The molecule has 0 unspecified atom stereocenters. The Morgan fingerprint density at radius 2 is 0.788 bits per heavy atom. The van der Waals surface area contributed by atoms with Gasteiger partial charge in [0.15, 0.2) is 18.3 Å². The van der Waals surface area contributed by atoms with Gasteiger partial charge in [-0.05, 0) is 0 Å². The highest BCUT2D eigenvalue weighted by Crippen LogP contribution is 2.19. The normalized spacial score (nSPS) is 20.0. The molecule has 0 saturated heterocycles. The first-order valence-corrected chi connectivity index (χ1v) is 9.60. The fourth-order valence-electron chi connectivity index (χ4n) is 2.43. The molecule has 180 valence electrons. The highest BCUT2D eigenvalue weighted by Gasteiger charge is 2.51. The summed E-state index contributed by atoms with van der Waals surface area (Å²) in [5, 5.41) is 0. The van der Waals surface area contributed by atoms with E-state index in [0.717, 1.165) is 18.2 Å². The fourth-order valence-corrected chi connectivity index (χ4v) is 2.43. The van der Waals surface area contributed by atoms with E-state index in [1.54, 1.807) is 0 Å². The molecule has 0 radical (unpaired) electrons. The zero-order chi connectivity index (χ0) is 24.8. The van der Waals surface area contributed by atoms with Crippen LogP contribution >= 0.6 is 0 Å². The van der Waals surface area contributed by atoms with Crippen LogP contribution in [0.5, 0.6) is 0 Å². The summed E-state index contributed by atoms with van der Waals surface area (Å²) in [5.74, 6) is -5.18. The lowest BCUT2D eigenvalue weighted by atomic mass is 9.88. The number of carbonyl (C=O) groups is 6. The van der Waals surface area contributed by atoms with Crippen molar-refractivity contribution in [1.82, 2.24) is 0 Å². The molecule has 0 heterocycles. The van der Waals surface area contributed by atoms with Crippen LogP contribution in [0.4, 0.5) is 0 Å². The number of carbonyl (C=O) groups excluding carboxylic acids is 6. The summed E-state index contributed by atoms with van der Waals surface area (Å²) in [6, 6.07) is 0. The third kappa shape index (κ3) is 8.88. The lowest BCUT2D eigenvalue weighted by molar-refractivity contribution is -0.174. The van der Waals surface area contributed by atoms with Gasteiger partial charge in [-0.1, -0.05) is 19.7 Å². The van der Waals surface area contributed by atoms with Crippen LogP contribution in [0.3, 0.4) is 0 Å². The van der Waals surface area contributed by atoms with Crippen molar-refractivity contribution in [2.24, 2.45) is 0 Å². The van der Waals surface area contributed by atoms with Crippen LogP contribution in [0.1, 0.15) is 0 Å². The average Bonchev–Trinajstić information content (AvgIpc) is 2.81. The van der Waals surface area contributed by atoms with Crippen molar-refractivity contribution in [3.8, 4) is 0 Å². The predicted octanol–water partition coefficient (Wildman–Crippen LogP) is -0.949. The van der Waals surface area contributed by atoms with Gasteiger partial charge in [0.05, 0.1) is 19.8 Å². The molecule has 1 aliphatic carbocycles. The SMILES string of the molecule is C=CC(=O)OCCOC1C(=O)C(OCCOC(=O)C=C)C(=O)C(OCCOC(=O)C=C)C1=O. The van der Waals surface area contributed by atoms with Crippen molar-refractivity contribution in [1.29, 1.82) is 0 Å². The minimum atomic E-state index is -1.74. The average molecular weight is 468 g/mol. The zero-order valence-electron chi connectivity index (χ0n) is 17.7. The van der Waals surface area contributed by atoms with Crippen LogP contribution in [0.15, 0.2) is 38.0 Å². The maximum Gasteiger partial charge on any atom is 0.330 e. The van der Waals surface area contributed by atoms with Gasteiger partial charge in [-0.25, -0.2) is 14.4 Å². The molecule has 1 rings (SSSR count). The van der Waals surface area contributed by atoms with Crippen molar-refractivity contribution < 1.29 is 57.2 Å². The summed E-state index contributed by atoms with van der Waals surface area (Å²) in [7, 11) is 0. The van der Waals surface area contributed by atoms with E-state index in [0.29, 0.717) is 0 Å². The minimum absolute atomic E-state index is 0.290. The topological polar surface area (TPSA) is 158 Å². The first-order valence-electron chi connectivity index (χ1n) is 9.60. The Labute approximate surface area is 189 Å².